The summed E-state index contributed by atoms with van der Waals surface area (Å²) >= 11 is 3.37. The Labute approximate surface area is 109 Å². The monoisotopic (exact) mass is 298 g/mol. The summed E-state index contributed by atoms with van der Waals surface area (Å²) in [4.78, 5) is 22.1. The summed E-state index contributed by atoms with van der Waals surface area (Å²) in [7, 11) is 0. The van der Waals surface area contributed by atoms with Gasteiger partial charge in [-0.1, -0.05) is 28.1 Å². The van der Waals surface area contributed by atoms with Crippen molar-refractivity contribution < 1.29 is 14.3 Å². The van der Waals surface area contributed by atoms with E-state index in [9.17, 15) is 9.59 Å². The Kier molecular flexibility index (Phi) is 5.91. The van der Waals surface area contributed by atoms with Crippen molar-refractivity contribution in [2.45, 2.75) is 25.1 Å². The molecular weight excluding hydrogens is 284 g/mol. The Morgan fingerprint density at radius 3 is 2.82 bits per heavy atom. The van der Waals surface area contributed by atoms with E-state index < -0.39 is 0 Å². The van der Waals surface area contributed by atoms with E-state index in [1.807, 2.05) is 12.1 Å². The largest absolute Gasteiger partial charge is 0.462 e. The summed E-state index contributed by atoms with van der Waals surface area (Å²) in [6, 6.07) is 5.57. The zero-order valence-corrected chi connectivity index (χ0v) is 11.3. The van der Waals surface area contributed by atoms with Crippen molar-refractivity contribution in [3.8, 4) is 0 Å². The van der Waals surface area contributed by atoms with Crippen LogP contribution < -0.4 is 0 Å². The summed E-state index contributed by atoms with van der Waals surface area (Å²) in [6.07, 6.45) is 1.84. The van der Waals surface area contributed by atoms with Gasteiger partial charge in [0, 0.05) is 11.8 Å². The smallest absolute Gasteiger partial charge is 0.338 e. The molecule has 0 unspecified atom stereocenters. The number of rotatable bonds is 6. The third kappa shape index (κ3) is 3.97. The molecule has 1 aromatic carbocycles. The van der Waals surface area contributed by atoms with Crippen molar-refractivity contribution in [2.24, 2.45) is 0 Å². The molecule has 0 aromatic heterocycles. The fourth-order valence-corrected chi connectivity index (χ4v) is 1.91. The van der Waals surface area contributed by atoms with Crippen LogP contribution in [0.1, 0.15) is 34.8 Å². The molecule has 0 saturated heterocycles. The maximum Gasteiger partial charge on any atom is 0.338 e. The number of aldehydes is 1. The lowest BCUT2D eigenvalue weighted by atomic mass is 10.0. The van der Waals surface area contributed by atoms with Crippen LogP contribution in [0.15, 0.2) is 18.2 Å². The first-order valence-corrected chi connectivity index (χ1v) is 6.63. The van der Waals surface area contributed by atoms with E-state index in [1.165, 1.54) is 0 Å². The minimum Gasteiger partial charge on any atom is -0.462 e. The molecule has 0 amide bonds. The van der Waals surface area contributed by atoms with Crippen LogP contribution in [0.2, 0.25) is 0 Å². The molecule has 0 spiro atoms. The van der Waals surface area contributed by atoms with Crippen LogP contribution in [0.25, 0.3) is 0 Å². The molecular formula is C13H15BrO3. The highest BCUT2D eigenvalue weighted by molar-refractivity contribution is 9.08. The zero-order valence-electron chi connectivity index (χ0n) is 9.74. The van der Waals surface area contributed by atoms with E-state index in [4.69, 9.17) is 4.74 Å². The third-order valence-electron chi connectivity index (χ3n) is 2.35. The highest BCUT2D eigenvalue weighted by Crippen LogP contribution is 2.17. The average molecular weight is 299 g/mol. The highest BCUT2D eigenvalue weighted by atomic mass is 79.9. The lowest BCUT2D eigenvalue weighted by molar-refractivity contribution is -0.107. The Balaban J connectivity index is 3.00. The van der Waals surface area contributed by atoms with E-state index in [0.29, 0.717) is 25.0 Å². The number of alkyl halides is 1. The molecule has 0 aliphatic carbocycles. The number of carbonyl (C=O) groups excluding carboxylic acids is 2. The van der Waals surface area contributed by atoms with Gasteiger partial charge in [-0.15, -0.1) is 0 Å². The van der Waals surface area contributed by atoms with Crippen molar-refractivity contribution in [3.63, 3.8) is 0 Å². The standard InChI is InChI=1S/C13H15BrO3/c1-2-17-13(16)12-6-5-10(9-14)8-11(12)4-3-7-15/h5-8H,2-4,9H2,1H3. The fourth-order valence-electron chi connectivity index (χ4n) is 1.56. The van der Waals surface area contributed by atoms with E-state index in [2.05, 4.69) is 15.9 Å². The third-order valence-corrected chi connectivity index (χ3v) is 3.00. The first-order chi connectivity index (χ1) is 8.22. The minimum absolute atomic E-state index is 0.325. The van der Waals surface area contributed by atoms with Crippen LogP contribution in [0.5, 0.6) is 0 Å². The quantitative estimate of drug-likeness (QED) is 0.461. The maximum absolute atomic E-state index is 11.7. The molecule has 0 bridgehead atoms. The van der Waals surface area contributed by atoms with Gasteiger partial charge < -0.3 is 9.53 Å². The van der Waals surface area contributed by atoms with E-state index in [-0.39, 0.29) is 5.97 Å². The second-order valence-electron chi connectivity index (χ2n) is 3.55. The van der Waals surface area contributed by atoms with Crippen LogP contribution in [-0.4, -0.2) is 18.9 Å². The predicted octanol–water partition coefficient (Wildman–Crippen LogP) is 2.89. The molecule has 0 radical (unpaired) electrons. The number of benzene rings is 1. The van der Waals surface area contributed by atoms with Crippen molar-refractivity contribution in [3.05, 3.63) is 34.9 Å². The Morgan fingerprint density at radius 1 is 1.47 bits per heavy atom. The number of ether oxygens (including phenoxy) is 1. The number of esters is 1. The van der Waals surface area contributed by atoms with Gasteiger partial charge in [0.05, 0.1) is 12.2 Å². The lowest BCUT2D eigenvalue weighted by Crippen LogP contribution is -2.08. The molecule has 0 aliphatic heterocycles. The number of aryl methyl sites for hydroxylation is 1. The summed E-state index contributed by atoms with van der Waals surface area (Å²) in [6.45, 7) is 2.13. The topological polar surface area (TPSA) is 43.4 Å². The number of carbonyl (C=O) groups is 2. The molecule has 92 valence electrons. The van der Waals surface area contributed by atoms with Crippen molar-refractivity contribution in [1.29, 1.82) is 0 Å². The summed E-state index contributed by atoms with van der Waals surface area (Å²) in [5, 5.41) is 0.726. The molecule has 3 nitrogen and oxygen atoms in total. The summed E-state index contributed by atoms with van der Waals surface area (Å²) in [5.74, 6) is -0.325. The molecule has 1 aromatic rings. The van der Waals surface area contributed by atoms with Gasteiger partial charge in [-0.2, -0.15) is 0 Å². The molecule has 4 heteroatoms. The Bertz CT molecular complexity index is 402. The van der Waals surface area contributed by atoms with Gasteiger partial charge in [-0.05, 0) is 30.5 Å². The Hall–Kier alpha value is -1.16. The highest BCUT2D eigenvalue weighted by Gasteiger charge is 2.12. The van der Waals surface area contributed by atoms with Crippen LogP contribution in [-0.2, 0) is 21.3 Å². The fraction of sp³-hybridized carbons (Fsp3) is 0.385. The van der Waals surface area contributed by atoms with E-state index in [0.717, 1.165) is 22.7 Å². The van der Waals surface area contributed by atoms with Gasteiger partial charge in [-0.3, -0.25) is 0 Å². The molecule has 0 N–H and O–H groups in total. The van der Waals surface area contributed by atoms with Crippen LogP contribution in [0.3, 0.4) is 0 Å². The molecule has 0 aliphatic rings. The number of hydrogen-bond donors (Lipinski definition) is 0. The van der Waals surface area contributed by atoms with E-state index >= 15 is 0 Å². The number of hydrogen-bond acceptors (Lipinski definition) is 3. The molecule has 1 rings (SSSR count). The minimum atomic E-state index is -0.325. The van der Waals surface area contributed by atoms with Gasteiger partial charge >= 0.3 is 5.97 Å². The van der Waals surface area contributed by atoms with Crippen molar-refractivity contribution in [1.82, 2.24) is 0 Å². The SMILES string of the molecule is CCOC(=O)c1ccc(CBr)cc1CCC=O. The van der Waals surface area contributed by atoms with Gasteiger partial charge in [0.1, 0.15) is 6.29 Å². The molecule has 0 heterocycles. The molecule has 0 saturated carbocycles. The van der Waals surface area contributed by atoms with E-state index in [1.54, 1.807) is 13.0 Å². The van der Waals surface area contributed by atoms with Gasteiger partial charge in [0.2, 0.25) is 0 Å². The summed E-state index contributed by atoms with van der Waals surface area (Å²) in [5.41, 5.74) is 2.50. The van der Waals surface area contributed by atoms with Crippen LogP contribution >= 0.6 is 15.9 Å². The van der Waals surface area contributed by atoms with Gasteiger partial charge in [0.25, 0.3) is 0 Å². The van der Waals surface area contributed by atoms with Gasteiger partial charge in [-0.25, -0.2) is 4.79 Å². The van der Waals surface area contributed by atoms with Crippen LogP contribution in [0.4, 0.5) is 0 Å². The second kappa shape index (κ2) is 7.22. The first kappa shape index (κ1) is 13.9. The predicted molar refractivity (Wildman–Crippen MR) is 69.4 cm³/mol. The first-order valence-electron chi connectivity index (χ1n) is 5.51. The van der Waals surface area contributed by atoms with Crippen molar-refractivity contribution >= 4 is 28.2 Å². The molecule has 17 heavy (non-hydrogen) atoms. The second-order valence-corrected chi connectivity index (χ2v) is 4.11. The normalized spacial score (nSPS) is 10.0. The zero-order chi connectivity index (χ0) is 12.7. The Morgan fingerprint density at radius 2 is 2.24 bits per heavy atom. The van der Waals surface area contributed by atoms with Gasteiger partial charge in [0.15, 0.2) is 0 Å². The van der Waals surface area contributed by atoms with Crippen molar-refractivity contribution in [2.75, 3.05) is 6.61 Å². The number of halogens is 1. The van der Waals surface area contributed by atoms with Crippen LogP contribution in [0, 0.1) is 0 Å². The molecule has 0 atom stereocenters. The average Bonchev–Trinajstić information content (AvgIpc) is 2.36. The maximum atomic E-state index is 11.7. The lowest BCUT2D eigenvalue weighted by Gasteiger charge is -2.09. The summed E-state index contributed by atoms with van der Waals surface area (Å²) < 4.78 is 4.98. The molecule has 0 fully saturated rings.